The Kier molecular flexibility index (Phi) is 6.26. The molecular weight excluding hydrogens is 339 g/mol. The van der Waals surface area contributed by atoms with Crippen molar-refractivity contribution in [2.45, 2.75) is 45.4 Å². The van der Waals surface area contributed by atoms with Crippen molar-refractivity contribution in [3.8, 4) is 5.75 Å². The molecule has 0 aliphatic rings. The highest BCUT2D eigenvalue weighted by atomic mass is 19.1. The number of nitrogens with zero attached hydrogens (tertiary/aromatic N) is 1. The Balaban J connectivity index is 2.95. The van der Waals surface area contributed by atoms with Gasteiger partial charge in [-0.1, -0.05) is 0 Å². The number of carboxylic acids is 1. The third-order valence-corrected chi connectivity index (χ3v) is 2.84. The van der Waals surface area contributed by atoms with E-state index in [2.05, 4.69) is 5.32 Å². The van der Waals surface area contributed by atoms with Crippen LogP contribution in [0.4, 0.5) is 14.9 Å². The fraction of sp³-hybridized carbons (Fsp3) is 0.467. The summed E-state index contributed by atoms with van der Waals surface area (Å²) >= 11 is 0. The standard InChI is InChI=1S/C15H19FN2O7/c1-8(12(13(19)20)17-14(21)25-15(2,3)4)24-11-6-5-9(16)7-10(11)18(22)23/h5-8,12H,1-4H3,(H,17,21)(H,19,20)/t8?,12-/m1/s1. The van der Waals surface area contributed by atoms with Gasteiger partial charge in [0.05, 0.1) is 11.0 Å². The van der Waals surface area contributed by atoms with Crippen molar-refractivity contribution in [1.29, 1.82) is 0 Å². The molecule has 0 aromatic heterocycles. The molecule has 0 radical (unpaired) electrons. The monoisotopic (exact) mass is 358 g/mol. The van der Waals surface area contributed by atoms with Crippen LogP contribution in [-0.4, -0.2) is 39.8 Å². The van der Waals surface area contributed by atoms with Gasteiger partial charge in [-0.25, -0.2) is 14.0 Å². The first kappa shape index (κ1) is 20.1. The lowest BCUT2D eigenvalue weighted by molar-refractivity contribution is -0.386. The van der Waals surface area contributed by atoms with E-state index in [-0.39, 0.29) is 5.75 Å². The lowest BCUT2D eigenvalue weighted by atomic mass is 10.1. The molecule has 25 heavy (non-hydrogen) atoms. The van der Waals surface area contributed by atoms with Crippen LogP contribution in [0.5, 0.6) is 5.75 Å². The number of benzene rings is 1. The van der Waals surface area contributed by atoms with Crippen molar-refractivity contribution in [3.63, 3.8) is 0 Å². The number of carbonyl (C=O) groups is 2. The van der Waals surface area contributed by atoms with Crippen LogP contribution in [0, 0.1) is 15.9 Å². The molecule has 9 nitrogen and oxygen atoms in total. The summed E-state index contributed by atoms with van der Waals surface area (Å²) in [5.41, 5.74) is -1.50. The number of hydrogen-bond donors (Lipinski definition) is 2. The van der Waals surface area contributed by atoms with Crippen LogP contribution in [0.25, 0.3) is 0 Å². The molecule has 0 saturated carbocycles. The molecule has 1 amide bonds. The van der Waals surface area contributed by atoms with Crippen molar-refractivity contribution in [3.05, 3.63) is 34.1 Å². The second-order valence-corrected chi connectivity index (χ2v) is 6.15. The van der Waals surface area contributed by atoms with Crippen molar-refractivity contribution >= 4 is 17.7 Å². The fourth-order valence-corrected chi connectivity index (χ4v) is 1.82. The van der Waals surface area contributed by atoms with Crippen LogP contribution in [0.2, 0.25) is 0 Å². The van der Waals surface area contributed by atoms with Crippen LogP contribution in [0.1, 0.15) is 27.7 Å². The summed E-state index contributed by atoms with van der Waals surface area (Å²) in [6.07, 6.45) is -2.18. The highest BCUT2D eigenvalue weighted by Crippen LogP contribution is 2.28. The Labute approximate surface area is 142 Å². The quantitative estimate of drug-likeness (QED) is 0.590. The van der Waals surface area contributed by atoms with Gasteiger partial charge >= 0.3 is 17.7 Å². The summed E-state index contributed by atoms with van der Waals surface area (Å²) in [5.74, 6) is -2.59. The number of nitrogens with one attached hydrogen (secondary N) is 1. The van der Waals surface area contributed by atoms with Crippen molar-refractivity contribution in [2.24, 2.45) is 0 Å². The van der Waals surface area contributed by atoms with Gasteiger partial charge in [0, 0.05) is 0 Å². The van der Waals surface area contributed by atoms with Gasteiger partial charge in [0.2, 0.25) is 0 Å². The first-order chi connectivity index (χ1) is 11.4. The number of alkyl carbamates (subject to hydrolysis) is 1. The summed E-state index contributed by atoms with van der Waals surface area (Å²) in [6.45, 7) is 6.10. The molecule has 2 atom stereocenters. The number of amides is 1. The van der Waals surface area contributed by atoms with E-state index in [1.54, 1.807) is 20.8 Å². The number of nitro benzene ring substituents is 1. The highest BCUT2D eigenvalue weighted by Gasteiger charge is 2.31. The van der Waals surface area contributed by atoms with E-state index >= 15 is 0 Å². The van der Waals surface area contributed by atoms with Crippen molar-refractivity contribution in [2.75, 3.05) is 0 Å². The molecule has 0 bridgehead atoms. The van der Waals surface area contributed by atoms with Crippen LogP contribution in [0.3, 0.4) is 0 Å². The van der Waals surface area contributed by atoms with E-state index in [1.807, 2.05) is 0 Å². The largest absolute Gasteiger partial charge is 0.481 e. The Hall–Kier alpha value is -2.91. The first-order valence-electron chi connectivity index (χ1n) is 7.23. The Morgan fingerprint density at radius 2 is 1.96 bits per heavy atom. The van der Waals surface area contributed by atoms with Gasteiger partial charge in [-0.15, -0.1) is 0 Å². The third kappa shape index (κ3) is 6.24. The maximum absolute atomic E-state index is 13.1. The van der Waals surface area contributed by atoms with Crippen LogP contribution < -0.4 is 10.1 Å². The second-order valence-electron chi connectivity index (χ2n) is 6.15. The van der Waals surface area contributed by atoms with Gasteiger partial charge in [-0.2, -0.15) is 0 Å². The van der Waals surface area contributed by atoms with E-state index in [9.17, 15) is 29.2 Å². The summed E-state index contributed by atoms with van der Waals surface area (Å²) in [6, 6.07) is 1.06. The number of aliphatic carboxylic acids is 1. The van der Waals surface area contributed by atoms with Crippen molar-refractivity contribution < 1.29 is 33.5 Å². The van der Waals surface area contributed by atoms with Crippen LogP contribution in [0.15, 0.2) is 18.2 Å². The van der Waals surface area contributed by atoms with Gasteiger partial charge in [0.15, 0.2) is 11.8 Å². The minimum Gasteiger partial charge on any atom is -0.481 e. The average Bonchev–Trinajstić information content (AvgIpc) is 2.44. The number of carboxylic acid groups (broad SMARTS) is 1. The van der Waals surface area contributed by atoms with Gasteiger partial charge in [0.1, 0.15) is 17.5 Å². The van der Waals surface area contributed by atoms with E-state index in [0.29, 0.717) is 6.07 Å². The lowest BCUT2D eigenvalue weighted by Gasteiger charge is -2.25. The Morgan fingerprint density at radius 1 is 1.36 bits per heavy atom. The Bertz CT molecular complexity index is 672. The zero-order valence-corrected chi connectivity index (χ0v) is 14.1. The zero-order valence-electron chi connectivity index (χ0n) is 14.1. The van der Waals surface area contributed by atoms with E-state index < -0.39 is 46.2 Å². The van der Waals surface area contributed by atoms with Gasteiger partial charge < -0.3 is 19.9 Å². The minimum atomic E-state index is -1.54. The predicted octanol–water partition coefficient (Wildman–Crippen LogP) is 2.48. The van der Waals surface area contributed by atoms with Crippen molar-refractivity contribution in [1.82, 2.24) is 5.32 Å². The van der Waals surface area contributed by atoms with Crippen LogP contribution in [-0.2, 0) is 9.53 Å². The van der Waals surface area contributed by atoms with E-state index in [1.165, 1.54) is 6.92 Å². The maximum atomic E-state index is 13.1. The molecular formula is C15H19FN2O7. The zero-order chi connectivity index (χ0) is 19.4. The van der Waals surface area contributed by atoms with E-state index in [4.69, 9.17) is 9.47 Å². The molecule has 0 spiro atoms. The topological polar surface area (TPSA) is 128 Å². The number of nitro groups is 1. The number of rotatable bonds is 6. The number of ether oxygens (including phenoxy) is 2. The number of hydrogen-bond acceptors (Lipinski definition) is 6. The molecule has 1 aromatic rings. The molecule has 0 aliphatic heterocycles. The molecule has 0 heterocycles. The molecule has 1 unspecified atom stereocenters. The molecule has 0 aliphatic carbocycles. The maximum Gasteiger partial charge on any atom is 0.408 e. The number of halogens is 1. The van der Waals surface area contributed by atoms with Gasteiger partial charge in [0.25, 0.3) is 0 Å². The minimum absolute atomic E-state index is 0.323. The Morgan fingerprint density at radius 3 is 2.44 bits per heavy atom. The van der Waals surface area contributed by atoms with Crippen LogP contribution >= 0.6 is 0 Å². The molecule has 1 aromatic carbocycles. The molecule has 138 valence electrons. The number of carbonyl (C=O) groups excluding carboxylic acids is 1. The van der Waals surface area contributed by atoms with E-state index in [0.717, 1.165) is 12.1 Å². The normalized spacial score (nSPS) is 13.5. The molecule has 0 saturated heterocycles. The third-order valence-electron chi connectivity index (χ3n) is 2.84. The van der Waals surface area contributed by atoms with Gasteiger partial charge in [-0.05, 0) is 39.8 Å². The summed E-state index contributed by atoms with van der Waals surface area (Å²) in [7, 11) is 0. The summed E-state index contributed by atoms with van der Waals surface area (Å²) in [4.78, 5) is 33.2. The summed E-state index contributed by atoms with van der Waals surface area (Å²) < 4.78 is 23.4. The average molecular weight is 358 g/mol. The molecule has 1 rings (SSSR count). The lowest BCUT2D eigenvalue weighted by Crippen LogP contribution is -2.51. The van der Waals surface area contributed by atoms with Gasteiger partial charge in [-0.3, -0.25) is 10.1 Å². The molecule has 2 N–H and O–H groups in total. The SMILES string of the molecule is CC(Oc1ccc(F)cc1[N+](=O)[O-])[C@@H](NC(=O)OC(C)(C)C)C(=O)O. The fourth-order valence-electron chi connectivity index (χ4n) is 1.82. The summed E-state index contributed by atoms with van der Waals surface area (Å²) in [5, 5.41) is 22.3. The smallest absolute Gasteiger partial charge is 0.408 e. The highest BCUT2D eigenvalue weighted by molar-refractivity contribution is 5.80. The second kappa shape index (κ2) is 7.77. The first-order valence-corrected chi connectivity index (χ1v) is 7.23. The predicted molar refractivity (Wildman–Crippen MR) is 83.9 cm³/mol. The molecule has 10 heteroatoms. The molecule has 0 fully saturated rings.